The molecule has 1 spiro atoms. The van der Waals surface area contributed by atoms with Crippen LogP contribution >= 0.6 is 0 Å². The maximum Gasteiger partial charge on any atom is 0.262 e. The molecule has 4 aromatic rings. The Kier molecular flexibility index (Phi) is 10.3. The number of methoxy groups -OCH3 is 2. The molecule has 58 heavy (non-hydrogen) atoms. The molecule has 5 amide bonds. The smallest absolute Gasteiger partial charge is 0.262 e. The van der Waals surface area contributed by atoms with E-state index < -0.39 is 29.7 Å². The van der Waals surface area contributed by atoms with Crippen molar-refractivity contribution >= 4 is 46.0 Å². The maximum absolute atomic E-state index is 13.3. The number of nitrogens with zero attached hydrogens (tertiary/aromatic N) is 5. The third-order valence-electron chi connectivity index (χ3n) is 12.2. The standard InChI is InChI=1S/C43H47N7O8/c1-47(22-33-35(57-3)15-25(16-36(33)58-4)32-21-48(2)40(54)31-20-44-14-12-28(31)32)38(52)7-5-6-13-45-26-18-43(19-26)23-49(24-43)27-8-9-29-30(17-27)42(56)50(41(29)55)34-10-11-37(51)46-39(34)53/h8-9,12,14-17,20-21,26,34,45H,5-7,10-11,13,18-19,22-24H2,1-4H3,(H,46,51,53). The Balaban J connectivity index is 0.785. The number of aromatic nitrogens is 2. The summed E-state index contributed by atoms with van der Waals surface area (Å²) in [6, 6.07) is 10.4. The van der Waals surface area contributed by atoms with Crippen molar-refractivity contribution in [2.45, 2.75) is 63.6 Å². The van der Waals surface area contributed by atoms with Crippen LogP contribution in [-0.2, 0) is 28.0 Å². The summed E-state index contributed by atoms with van der Waals surface area (Å²) >= 11 is 0. The molecule has 2 N–H and O–H groups in total. The summed E-state index contributed by atoms with van der Waals surface area (Å²) in [6.07, 6.45) is 9.39. The van der Waals surface area contributed by atoms with E-state index in [1.54, 1.807) is 63.9 Å². The van der Waals surface area contributed by atoms with Gasteiger partial charge in [0.05, 0.1) is 42.8 Å². The molecule has 302 valence electrons. The summed E-state index contributed by atoms with van der Waals surface area (Å²) in [6.45, 7) is 2.86. The Hall–Kier alpha value is -6.09. The molecule has 8 rings (SSSR count). The largest absolute Gasteiger partial charge is 0.496 e. The van der Waals surface area contributed by atoms with Gasteiger partial charge in [0.25, 0.3) is 17.4 Å². The van der Waals surface area contributed by atoms with E-state index in [1.807, 2.05) is 24.3 Å². The molecule has 1 unspecified atom stereocenters. The number of hydrogen-bond acceptors (Lipinski definition) is 11. The van der Waals surface area contributed by atoms with Crippen molar-refractivity contribution in [1.82, 2.24) is 30.0 Å². The van der Waals surface area contributed by atoms with Gasteiger partial charge < -0.3 is 29.2 Å². The highest BCUT2D eigenvalue weighted by Crippen LogP contribution is 2.50. The van der Waals surface area contributed by atoms with Gasteiger partial charge in [0, 0.05) is 81.3 Å². The first-order valence-electron chi connectivity index (χ1n) is 19.7. The fourth-order valence-electron chi connectivity index (χ4n) is 9.05. The Labute approximate surface area is 335 Å². The quantitative estimate of drug-likeness (QED) is 0.150. The van der Waals surface area contributed by atoms with Crippen molar-refractivity contribution in [3.63, 3.8) is 0 Å². The van der Waals surface area contributed by atoms with Crippen molar-refractivity contribution in [1.29, 1.82) is 0 Å². The highest BCUT2D eigenvalue weighted by Gasteiger charge is 2.52. The molecule has 2 saturated heterocycles. The van der Waals surface area contributed by atoms with Crippen LogP contribution in [0, 0.1) is 5.41 Å². The number of anilines is 1. The second kappa shape index (κ2) is 15.3. The van der Waals surface area contributed by atoms with Crippen LogP contribution in [-0.4, -0.2) is 102 Å². The van der Waals surface area contributed by atoms with Gasteiger partial charge in [-0.1, -0.05) is 0 Å². The normalized spacial score (nSPS) is 18.6. The van der Waals surface area contributed by atoms with Gasteiger partial charge in [0.1, 0.15) is 17.5 Å². The zero-order valence-corrected chi connectivity index (χ0v) is 33.1. The second-order valence-electron chi connectivity index (χ2n) is 16.0. The van der Waals surface area contributed by atoms with Crippen LogP contribution in [0.2, 0.25) is 0 Å². The molecular formula is C43H47N7O8. The number of pyridine rings is 2. The minimum atomic E-state index is -0.979. The number of hydrogen-bond donors (Lipinski definition) is 2. The van der Waals surface area contributed by atoms with Crippen molar-refractivity contribution in [3.8, 4) is 22.6 Å². The summed E-state index contributed by atoms with van der Waals surface area (Å²) < 4.78 is 13.1. The summed E-state index contributed by atoms with van der Waals surface area (Å²) in [5, 5.41) is 7.18. The summed E-state index contributed by atoms with van der Waals surface area (Å²) in [5.74, 6) is -0.811. The van der Waals surface area contributed by atoms with Crippen LogP contribution in [0.1, 0.15) is 71.2 Å². The highest BCUT2D eigenvalue weighted by atomic mass is 16.5. The zero-order chi connectivity index (χ0) is 40.9. The first kappa shape index (κ1) is 38.8. The molecule has 2 aromatic carbocycles. The lowest BCUT2D eigenvalue weighted by Gasteiger charge is -2.60. The number of imide groups is 2. The van der Waals surface area contributed by atoms with Gasteiger partial charge in [0.2, 0.25) is 17.7 Å². The lowest BCUT2D eigenvalue weighted by molar-refractivity contribution is -0.136. The van der Waals surface area contributed by atoms with Gasteiger partial charge in [-0.15, -0.1) is 0 Å². The molecule has 5 heterocycles. The average molecular weight is 790 g/mol. The molecule has 1 atom stereocenters. The predicted octanol–water partition coefficient (Wildman–Crippen LogP) is 3.41. The van der Waals surface area contributed by atoms with Crippen molar-refractivity contribution < 1.29 is 33.4 Å². The lowest BCUT2D eigenvalue weighted by atomic mass is 9.60. The van der Waals surface area contributed by atoms with E-state index in [9.17, 15) is 28.8 Å². The number of aryl methyl sites for hydroxylation is 1. The number of fused-ring (bicyclic) bond motifs is 2. The number of unbranched alkanes of at least 4 members (excludes halogenated alkanes) is 1. The number of benzene rings is 2. The van der Waals surface area contributed by atoms with E-state index in [0.717, 1.165) is 78.0 Å². The van der Waals surface area contributed by atoms with Crippen LogP contribution in [0.5, 0.6) is 11.5 Å². The Bertz CT molecular complexity index is 2390. The van der Waals surface area contributed by atoms with Crippen LogP contribution in [0.4, 0.5) is 5.69 Å². The third-order valence-corrected chi connectivity index (χ3v) is 12.2. The van der Waals surface area contributed by atoms with Gasteiger partial charge in [-0.3, -0.25) is 44.0 Å². The maximum atomic E-state index is 13.3. The van der Waals surface area contributed by atoms with Crippen LogP contribution in [0.25, 0.3) is 21.9 Å². The SMILES string of the molecule is COc1cc(-c2cn(C)c(=O)c3cnccc23)cc(OC)c1CN(C)C(=O)CCCCNC1CC2(C1)CN(c1ccc3c(c1)C(=O)N(C1CCC(=O)NC1=O)C3=O)C2. The van der Waals surface area contributed by atoms with E-state index in [0.29, 0.717) is 41.5 Å². The van der Waals surface area contributed by atoms with Crippen molar-refractivity contribution in [2.24, 2.45) is 12.5 Å². The van der Waals surface area contributed by atoms with Gasteiger partial charge >= 0.3 is 0 Å². The van der Waals surface area contributed by atoms with E-state index in [-0.39, 0.29) is 35.3 Å². The molecule has 0 radical (unpaired) electrons. The van der Waals surface area contributed by atoms with E-state index in [2.05, 4.69) is 20.5 Å². The molecule has 0 bridgehead atoms. The summed E-state index contributed by atoms with van der Waals surface area (Å²) in [4.78, 5) is 85.3. The molecule has 1 saturated carbocycles. The highest BCUT2D eigenvalue weighted by molar-refractivity contribution is 6.23. The Morgan fingerprint density at radius 3 is 2.38 bits per heavy atom. The van der Waals surface area contributed by atoms with Gasteiger partial charge in [0.15, 0.2) is 0 Å². The topological polar surface area (TPSA) is 172 Å². The number of amides is 5. The molecule has 2 aromatic heterocycles. The minimum Gasteiger partial charge on any atom is -0.496 e. The van der Waals surface area contributed by atoms with Crippen molar-refractivity contribution in [3.05, 3.63) is 82.0 Å². The minimum absolute atomic E-state index is 0.0307. The van der Waals surface area contributed by atoms with E-state index in [1.165, 1.54) is 4.57 Å². The molecule has 4 aliphatic rings. The van der Waals surface area contributed by atoms with Crippen molar-refractivity contribution in [2.75, 3.05) is 45.8 Å². The van der Waals surface area contributed by atoms with Crippen LogP contribution < -0.4 is 30.6 Å². The summed E-state index contributed by atoms with van der Waals surface area (Å²) in [7, 11) is 6.68. The Morgan fingerprint density at radius 1 is 0.948 bits per heavy atom. The second-order valence-corrected chi connectivity index (χ2v) is 16.0. The monoisotopic (exact) mass is 789 g/mol. The molecule has 3 aliphatic heterocycles. The fraction of sp³-hybridized carbons (Fsp3) is 0.419. The molecule has 15 heteroatoms. The lowest BCUT2D eigenvalue weighted by Crippen LogP contribution is -2.66. The number of carbonyl (C=O) groups excluding carboxylic acids is 5. The number of rotatable bonds is 13. The van der Waals surface area contributed by atoms with Crippen LogP contribution in [0.15, 0.2) is 59.8 Å². The first-order valence-corrected chi connectivity index (χ1v) is 19.7. The number of carbonyl (C=O) groups is 5. The molecule has 1 aliphatic carbocycles. The van der Waals surface area contributed by atoms with Gasteiger partial charge in [-0.25, -0.2) is 0 Å². The van der Waals surface area contributed by atoms with Gasteiger partial charge in [-0.2, -0.15) is 0 Å². The number of piperidine rings is 1. The zero-order valence-electron chi connectivity index (χ0n) is 33.1. The van der Waals surface area contributed by atoms with Gasteiger partial charge in [-0.05, 0) is 86.0 Å². The fourth-order valence-corrected chi connectivity index (χ4v) is 9.05. The predicted molar refractivity (Wildman–Crippen MR) is 215 cm³/mol. The van der Waals surface area contributed by atoms with E-state index in [4.69, 9.17) is 9.47 Å². The summed E-state index contributed by atoms with van der Waals surface area (Å²) in [5.41, 5.74) is 3.96. The van der Waals surface area contributed by atoms with E-state index >= 15 is 0 Å². The Morgan fingerprint density at radius 2 is 1.67 bits per heavy atom. The number of ether oxygens (including phenoxy) is 2. The molecule has 15 nitrogen and oxygen atoms in total. The molecule has 3 fully saturated rings. The first-order chi connectivity index (χ1) is 27.9. The third kappa shape index (κ3) is 6.97. The average Bonchev–Trinajstić information content (AvgIpc) is 3.43. The number of nitrogens with one attached hydrogen (secondary N) is 2. The molecular weight excluding hydrogens is 743 g/mol. The van der Waals surface area contributed by atoms with Crippen LogP contribution in [0.3, 0.4) is 0 Å².